The summed E-state index contributed by atoms with van der Waals surface area (Å²) >= 11 is 0. The Labute approximate surface area is 114 Å². The Morgan fingerprint density at radius 3 is 1.53 bits per heavy atom. The Morgan fingerprint density at radius 1 is 0.824 bits per heavy atom. The molecule has 100 valence electrons. The van der Waals surface area contributed by atoms with Crippen molar-refractivity contribution in [1.82, 2.24) is 4.65 Å². The number of rotatable bonds is 12. The van der Waals surface area contributed by atoms with Crippen molar-refractivity contribution >= 4 is 19.4 Å². The summed E-state index contributed by atoms with van der Waals surface area (Å²) < 4.78 is 3.67. The second kappa shape index (κ2) is 11.5. The molecule has 0 rings (SSSR count). The molecule has 0 aromatic heterocycles. The van der Waals surface area contributed by atoms with E-state index in [0.717, 1.165) is 19.4 Å². The van der Waals surface area contributed by atoms with E-state index in [1.165, 1.54) is 57.8 Å². The van der Waals surface area contributed by atoms with Gasteiger partial charge in [0.15, 0.2) is 0 Å². The molecule has 0 aliphatic heterocycles. The first-order chi connectivity index (χ1) is 8.24. The molecule has 0 atom stereocenters. The molecule has 0 aliphatic carbocycles. The van der Waals surface area contributed by atoms with E-state index in [0.29, 0.717) is 5.04 Å². The van der Waals surface area contributed by atoms with Crippen molar-refractivity contribution in [2.45, 2.75) is 90.1 Å². The molecule has 4 radical (unpaired) electrons. The van der Waals surface area contributed by atoms with Crippen LogP contribution in [-0.4, -0.2) is 19.4 Å². The molecule has 3 heteroatoms. The summed E-state index contributed by atoms with van der Waals surface area (Å²) in [4.78, 5) is 0. The van der Waals surface area contributed by atoms with Gasteiger partial charge < -0.3 is 4.65 Å². The summed E-state index contributed by atoms with van der Waals surface area (Å²) in [5, 5.41) is 0.630. The summed E-state index contributed by atoms with van der Waals surface area (Å²) in [5.74, 6) is 0. The number of hydrogen-bond acceptors (Lipinski definition) is 1. The van der Waals surface area contributed by atoms with Gasteiger partial charge in [0.25, 0.3) is 0 Å². The fraction of sp³-hybridized carbons (Fsp3) is 1.00. The van der Waals surface area contributed by atoms with Crippen LogP contribution in [0.5, 0.6) is 0 Å². The Bertz CT molecular complexity index is 125. The molecule has 0 fully saturated rings. The average Bonchev–Trinajstić information content (AvgIpc) is 2.37. The summed E-state index contributed by atoms with van der Waals surface area (Å²) in [6, 6.07) is 0. The standard InChI is InChI=1S/C14H31NSi2/c1-5-8-11-14(12-9-6-2,13-10-7-3)17-15-16-4/h15H,5-13H2,1-4H3. The molecule has 0 saturated carbocycles. The summed E-state index contributed by atoms with van der Waals surface area (Å²) in [7, 11) is 1.89. The van der Waals surface area contributed by atoms with E-state index in [9.17, 15) is 0 Å². The molecular formula is C14H31NSi2. The zero-order chi connectivity index (χ0) is 13.0. The van der Waals surface area contributed by atoms with E-state index in [1.807, 2.05) is 0 Å². The second-order valence-corrected chi connectivity index (χ2v) is 7.90. The first kappa shape index (κ1) is 17.4. The lowest BCUT2D eigenvalue weighted by atomic mass is 9.89. The van der Waals surface area contributed by atoms with Gasteiger partial charge in [0.05, 0.1) is 0 Å². The lowest BCUT2D eigenvalue weighted by Crippen LogP contribution is -2.34. The van der Waals surface area contributed by atoms with Gasteiger partial charge >= 0.3 is 0 Å². The molecule has 1 N–H and O–H groups in total. The van der Waals surface area contributed by atoms with Gasteiger partial charge in [0.2, 0.25) is 0 Å². The molecule has 0 amide bonds. The molecule has 0 bridgehead atoms. The summed E-state index contributed by atoms with van der Waals surface area (Å²) in [5.41, 5.74) is 0. The van der Waals surface area contributed by atoms with E-state index in [-0.39, 0.29) is 0 Å². The van der Waals surface area contributed by atoms with Crippen LogP contribution in [0.1, 0.15) is 78.6 Å². The lowest BCUT2D eigenvalue weighted by molar-refractivity contribution is 0.397. The van der Waals surface area contributed by atoms with Crippen LogP contribution in [0.3, 0.4) is 0 Å². The van der Waals surface area contributed by atoms with Gasteiger partial charge in [-0.3, -0.25) is 0 Å². The van der Waals surface area contributed by atoms with Crippen molar-refractivity contribution < 1.29 is 0 Å². The fourth-order valence-corrected chi connectivity index (χ4v) is 4.77. The highest BCUT2D eigenvalue weighted by Crippen LogP contribution is 2.42. The average molecular weight is 270 g/mol. The van der Waals surface area contributed by atoms with Crippen LogP contribution < -0.4 is 4.65 Å². The Hall–Kier alpha value is 0.394. The number of unbranched alkanes of at least 4 members (excludes halogenated alkanes) is 3. The Morgan fingerprint density at radius 2 is 1.24 bits per heavy atom. The van der Waals surface area contributed by atoms with Crippen LogP contribution in [-0.2, 0) is 0 Å². The maximum atomic E-state index is 3.67. The zero-order valence-electron chi connectivity index (χ0n) is 12.4. The van der Waals surface area contributed by atoms with Gasteiger partial charge in [0, 0.05) is 0 Å². The topological polar surface area (TPSA) is 12.0 Å². The highest BCUT2D eigenvalue weighted by molar-refractivity contribution is 6.52. The first-order valence-electron chi connectivity index (χ1n) is 7.43. The number of nitrogens with one attached hydrogen (secondary N) is 1. The molecule has 0 spiro atoms. The smallest absolute Gasteiger partial charge is 0.138 e. The zero-order valence-corrected chi connectivity index (χ0v) is 14.4. The SMILES string of the molecule is CCCCC(CCCC)(CCCC)[Si]N[Si]C. The minimum absolute atomic E-state index is 0.630. The molecule has 0 aromatic carbocycles. The summed E-state index contributed by atoms with van der Waals surface area (Å²) in [6.45, 7) is 9.23. The van der Waals surface area contributed by atoms with Crippen molar-refractivity contribution in [2.24, 2.45) is 0 Å². The highest BCUT2D eigenvalue weighted by Gasteiger charge is 2.28. The number of hydrogen-bond donors (Lipinski definition) is 1. The third kappa shape index (κ3) is 8.17. The van der Waals surface area contributed by atoms with Crippen LogP contribution >= 0.6 is 0 Å². The van der Waals surface area contributed by atoms with Gasteiger partial charge in [-0.25, -0.2) is 0 Å². The van der Waals surface area contributed by atoms with E-state index in [2.05, 4.69) is 32.0 Å². The van der Waals surface area contributed by atoms with E-state index in [1.54, 1.807) is 0 Å². The molecular weight excluding hydrogens is 238 g/mol. The Balaban J connectivity index is 4.39. The first-order valence-corrected chi connectivity index (χ1v) is 9.93. The van der Waals surface area contributed by atoms with Crippen molar-refractivity contribution in [3.05, 3.63) is 0 Å². The molecule has 0 heterocycles. The maximum Gasteiger partial charge on any atom is 0.138 e. The third-order valence-corrected chi connectivity index (χ3v) is 6.26. The van der Waals surface area contributed by atoms with Crippen LogP contribution in [0.15, 0.2) is 0 Å². The van der Waals surface area contributed by atoms with Crippen molar-refractivity contribution in [3.8, 4) is 0 Å². The van der Waals surface area contributed by atoms with Crippen molar-refractivity contribution in [1.29, 1.82) is 0 Å². The Kier molecular flexibility index (Phi) is 11.7. The highest BCUT2D eigenvalue weighted by atomic mass is 28.3. The van der Waals surface area contributed by atoms with Gasteiger partial charge in [0.1, 0.15) is 19.4 Å². The molecule has 0 unspecified atom stereocenters. The molecule has 0 saturated heterocycles. The van der Waals surface area contributed by atoms with Gasteiger partial charge in [-0.05, 0) is 24.3 Å². The predicted octanol–water partition coefficient (Wildman–Crippen LogP) is 4.59. The van der Waals surface area contributed by atoms with E-state index in [4.69, 9.17) is 0 Å². The molecule has 17 heavy (non-hydrogen) atoms. The molecule has 0 aromatic rings. The third-order valence-electron chi connectivity index (χ3n) is 3.48. The quantitative estimate of drug-likeness (QED) is 0.511. The molecule has 0 aliphatic rings. The van der Waals surface area contributed by atoms with E-state index < -0.39 is 0 Å². The fourth-order valence-electron chi connectivity index (χ4n) is 2.30. The van der Waals surface area contributed by atoms with Gasteiger partial charge in [-0.1, -0.05) is 65.8 Å². The molecule has 1 nitrogen and oxygen atoms in total. The van der Waals surface area contributed by atoms with Crippen LogP contribution in [0.2, 0.25) is 11.6 Å². The minimum atomic E-state index is 0.630. The largest absolute Gasteiger partial charge is 0.363 e. The van der Waals surface area contributed by atoms with Crippen LogP contribution in [0, 0.1) is 0 Å². The summed E-state index contributed by atoms with van der Waals surface area (Å²) in [6.07, 6.45) is 12.6. The predicted molar refractivity (Wildman–Crippen MR) is 81.8 cm³/mol. The van der Waals surface area contributed by atoms with Gasteiger partial charge in [-0.15, -0.1) is 0 Å². The second-order valence-electron chi connectivity index (χ2n) is 5.09. The van der Waals surface area contributed by atoms with Crippen LogP contribution in [0.25, 0.3) is 0 Å². The lowest BCUT2D eigenvalue weighted by Gasteiger charge is -2.33. The maximum absolute atomic E-state index is 3.67. The monoisotopic (exact) mass is 269 g/mol. The van der Waals surface area contributed by atoms with Gasteiger partial charge in [-0.2, -0.15) is 0 Å². The van der Waals surface area contributed by atoms with E-state index >= 15 is 0 Å². The van der Waals surface area contributed by atoms with Crippen molar-refractivity contribution in [3.63, 3.8) is 0 Å². The normalized spacial score (nSPS) is 12.0. The minimum Gasteiger partial charge on any atom is -0.363 e. The van der Waals surface area contributed by atoms with Crippen molar-refractivity contribution in [2.75, 3.05) is 0 Å². The van der Waals surface area contributed by atoms with Crippen LogP contribution in [0.4, 0.5) is 0 Å².